The predicted molar refractivity (Wildman–Crippen MR) is 138 cm³/mol. The van der Waals surface area contributed by atoms with Crippen LogP contribution in [0.5, 0.6) is 0 Å². The molecule has 3 aromatic rings. The molecule has 4 rings (SSSR count). The molecule has 0 unspecified atom stereocenters. The van der Waals surface area contributed by atoms with Crippen LogP contribution in [-0.2, 0) is 16.6 Å². The fraction of sp³-hybridized carbons (Fsp3) is 0.280. The van der Waals surface area contributed by atoms with Gasteiger partial charge in [0.15, 0.2) is 0 Å². The first kappa shape index (κ1) is 25.4. The number of nitrogens with zero attached hydrogens (tertiary/aromatic N) is 2. The number of rotatable bonds is 8. The van der Waals surface area contributed by atoms with Crippen molar-refractivity contribution in [2.75, 3.05) is 24.5 Å². The SMILES string of the molecule is O=C(NCC1CCN(c2ccncc2)CC1)c1cccc(S(=O)(=O)NCc2ccc(Cl)cc2Cl)c1. The first-order chi connectivity index (χ1) is 16.8. The van der Waals surface area contributed by atoms with E-state index in [0.29, 0.717) is 33.6 Å². The van der Waals surface area contributed by atoms with Crippen molar-refractivity contribution in [2.24, 2.45) is 5.92 Å². The van der Waals surface area contributed by atoms with Crippen LogP contribution in [-0.4, -0.2) is 38.9 Å². The van der Waals surface area contributed by atoms with Crippen molar-refractivity contribution in [1.29, 1.82) is 0 Å². The highest BCUT2D eigenvalue weighted by atomic mass is 35.5. The smallest absolute Gasteiger partial charge is 0.251 e. The highest BCUT2D eigenvalue weighted by Crippen LogP contribution is 2.23. The normalized spacial score (nSPS) is 14.6. The number of hydrogen-bond acceptors (Lipinski definition) is 5. The molecule has 1 aliphatic heterocycles. The topological polar surface area (TPSA) is 91.4 Å². The number of carbonyl (C=O) groups is 1. The molecule has 0 bridgehead atoms. The zero-order valence-corrected chi connectivity index (χ0v) is 21.3. The van der Waals surface area contributed by atoms with E-state index in [1.165, 1.54) is 12.1 Å². The lowest BCUT2D eigenvalue weighted by molar-refractivity contribution is 0.0944. The lowest BCUT2D eigenvalue weighted by Gasteiger charge is -2.33. The zero-order chi connectivity index (χ0) is 24.8. The molecule has 0 aliphatic carbocycles. The van der Waals surface area contributed by atoms with Gasteiger partial charge in [-0.15, -0.1) is 0 Å². The Morgan fingerprint density at radius 1 is 1.03 bits per heavy atom. The van der Waals surface area contributed by atoms with E-state index in [0.717, 1.165) is 31.6 Å². The van der Waals surface area contributed by atoms with E-state index >= 15 is 0 Å². The van der Waals surface area contributed by atoms with E-state index in [-0.39, 0.29) is 17.3 Å². The lowest BCUT2D eigenvalue weighted by Crippen LogP contribution is -2.38. The number of amides is 1. The fourth-order valence-electron chi connectivity index (χ4n) is 4.01. The third-order valence-corrected chi connectivity index (χ3v) is 8.05. The van der Waals surface area contributed by atoms with Crippen LogP contribution in [0.25, 0.3) is 0 Å². The molecule has 7 nitrogen and oxygen atoms in total. The van der Waals surface area contributed by atoms with Crippen molar-refractivity contribution in [2.45, 2.75) is 24.3 Å². The van der Waals surface area contributed by atoms with E-state index in [2.05, 4.69) is 19.9 Å². The summed E-state index contributed by atoms with van der Waals surface area (Å²) in [6.07, 6.45) is 5.51. The van der Waals surface area contributed by atoms with Gasteiger partial charge in [-0.05, 0) is 66.8 Å². The summed E-state index contributed by atoms with van der Waals surface area (Å²) in [5, 5.41) is 3.81. The number of pyridine rings is 1. The van der Waals surface area contributed by atoms with Crippen molar-refractivity contribution in [3.05, 3.63) is 88.2 Å². The summed E-state index contributed by atoms with van der Waals surface area (Å²) in [6, 6.07) is 14.9. The Hall–Kier alpha value is -2.65. The van der Waals surface area contributed by atoms with Crippen LogP contribution >= 0.6 is 23.2 Å². The van der Waals surface area contributed by atoms with Gasteiger partial charge in [-0.25, -0.2) is 13.1 Å². The average Bonchev–Trinajstić information content (AvgIpc) is 2.87. The third-order valence-electron chi connectivity index (χ3n) is 6.07. The van der Waals surface area contributed by atoms with Gasteiger partial charge in [0, 0.05) is 59.9 Å². The van der Waals surface area contributed by atoms with Gasteiger partial charge in [0.2, 0.25) is 10.0 Å². The van der Waals surface area contributed by atoms with E-state index < -0.39 is 10.0 Å². The average molecular weight is 533 g/mol. The second kappa shape index (κ2) is 11.4. The lowest BCUT2D eigenvalue weighted by atomic mass is 9.96. The largest absolute Gasteiger partial charge is 0.371 e. The molecule has 1 aromatic heterocycles. The van der Waals surface area contributed by atoms with E-state index in [9.17, 15) is 13.2 Å². The van der Waals surface area contributed by atoms with Gasteiger partial charge in [0.25, 0.3) is 5.91 Å². The summed E-state index contributed by atoms with van der Waals surface area (Å²) >= 11 is 12.0. The van der Waals surface area contributed by atoms with Crippen molar-refractivity contribution >= 4 is 44.8 Å². The first-order valence-electron chi connectivity index (χ1n) is 11.3. The highest BCUT2D eigenvalue weighted by molar-refractivity contribution is 7.89. The standard InChI is InChI=1S/C25H26Cl2N4O3S/c26-21-5-4-20(24(27)15-21)17-30-35(33,34)23-3-1-2-19(14-23)25(32)29-16-18-8-12-31(13-9-18)22-6-10-28-11-7-22/h1-7,10-11,14-15,18,30H,8-9,12-13,16-17H2,(H,29,32). The molecule has 10 heteroatoms. The number of halogens is 2. The third kappa shape index (κ3) is 6.73. The number of carbonyl (C=O) groups excluding carboxylic acids is 1. The van der Waals surface area contributed by atoms with Crippen LogP contribution < -0.4 is 14.9 Å². The molecule has 2 N–H and O–H groups in total. The minimum atomic E-state index is -3.84. The van der Waals surface area contributed by atoms with E-state index in [1.807, 2.05) is 12.1 Å². The van der Waals surface area contributed by atoms with Gasteiger partial charge in [-0.2, -0.15) is 0 Å². The molecule has 0 spiro atoms. The van der Waals surface area contributed by atoms with Gasteiger partial charge in [-0.3, -0.25) is 9.78 Å². The van der Waals surface area contributed by atoms with Crippen molar-refractivity contribution in [3.63, 3.8) is 0 Å². The Morgan fingerprint density at radius 2 is 1.77 bits per heavy atom. The van der Waals surface area contributed by atoms with Crippen LogP contribution in [0, 0.1) is 5.92 Å². The van der Waals surface area contributed by atoms with Crippen LogP contribution in [0.4, 0.5) is 5.69 Å². The molecule has 35 heavy (non-hydrogen) atoms. The van der Waals surface area contributed by atoms with Gasteiger partial charge in [0.1, 0.15) is 0 Å². The Morgan fingerprint density at radius 3 is 2.49 bits per heavy atom. The summed E-state index contributed by atoms with van der Waals surface area (Å²) < 4.78 is 28.1. The maximum Gasteiger partial charge on any atom is 0.251 e. The molecule has 2 aromatic carbocycles. The summed E-state index contributed by atoms with van der Waals surface area (Å²) in [4.78, 5) is 19.1. The molecule has 1 fully saturated rings. The fourth-order valence-corrected chi connectivity index (χ4v) is 5.54. The number of sulfonamides is 1. The van der Waals surface area contributed by atoms with Gasteiger partial charge in [-0.1, -0.05) is 35.3 Å². The maximum absolute atomic E-state index is 12.8. The van der Waals surface area contributed by atoms with E-state index in [4.69, 9.17) is 23.2 Å². The predicted octanol–water partition coefficient (Wildman–Crippen LogP) is 4.51. The van der Waals surface area contributed by atoms with Gasteiger partial charge < -0.3 is 10.2 Å². The molecule has 184 valence electrons. The number of anilines is 1. The van der Waals surface area contributed by atoms with Crippen LogP contribution in [0.1, 0.15) is 28.8 Å². The monoisotopic (exact) mass is 532 g/mol. The number of piperidine rings is 1. The van der Waals surface area contributed by atoms with Crippen LogP contribution in [0.2, 0.25) is 10.0 Å². The minimum absolute atomic E-state index is 0.00690. The Balaban J connectivity index is 1.31. The molecular formula is C25H26Cl2N4O3S. The quantitative estimate of drug-likeness (QED) is 0.445. The number of hydrogen-bond donors (Lipinski definition) is 2. The molecular weight excluding hydrogens is 507 g/mol. The van der Waals surface area contributed by atoms with E-state index in [1.54, 1.807) is 42.7 Å². The number of aromatic nitrogens is 1. The summed E-state index contributed by atoms with van der Waals surface area (Å²) in [5.41, 5.74) is 2.06. The first-order valence-corrected chi connectivity index (χ1v) is 13.5. The Bertz CT molecular complexity index is 1280. The Kier molecular flexibility index (Phi) is 8.28. The Labute approximate surface area is 215 Å². The summed E-state index contributed by atoms with van der Waals surface area (Å²) in [5.74, 6) is 0.0779. The highest BCUT2D eigenvalue weighted by Gasteiger charge is 2.21. The molecule has 1 saturated heterocycles. The van der Waals surface area contributed by atoms with Gasteiger partial charge in [0.05, 0.1) is 4.90 Å². The molecule has 2 heterocycles. The number of nitrogens with one attached hydrogen (secondary N) is 2. The molecule has 0 saturated carbocycles. The second-order valence-electron chi connectivity index (χ2n) is 8.43. The van der Waals surface area contributed by atoms with Crippen LogP contribution in [0.15, 0.2) is 71.9 Å². The minimum Gasteiger partial charge on any atom is -0.371 e. The van der Waals surface area contributed by atoms with Crippen molar-refractivity contribution in [3.8, 4) is 0 Å². The van der Waals surface area contributed by atoms with Gasteiger partial charge >= 0.3 is 0 Å². The molecule has 1 aliphatic rings. The van der Waals surface area contributed by atoms with Crippen LogP contribution in [0.3, 0.4) is 0 Å². The summed E-state index contributed by atoms with van der Waals surface area (Å²) in [6.45, 7) is 2.39. The van der Waals surface area contributed by atoms with Crippen molar-refractivity contribution < 1.29 is 13.2 Å². The molecule has 0 atom stereocenters. The number of benzene rings is 2. The zero-order valence-electron chi connectivity index (χ0n) is 19.0. The second-order valence-corrected chi connectivity index (χ2v) is 11.0. The maximum atomic E-state index is 12.8. The molecule has 1 amide bonds. The molecule has 0 radical (unpaired) electrons. The summed E-state index contributed by atoms with van der Waals surface area (Å²) in [7, 11) is -3.84. The van der Waals surface area contributed by atoms with Crippen molar-refractivity contribution in [1.82, 2.24) is 15.0 Å².